The number of halogens is 2. The van der Waals surface area contributed by atoms with Gasteiger partial charge in [-0.15, -0.1) is 0 Å². The van der Waals surface area contributed by atoms with Gasteiger partial charge in [-0.3, -0.25) is 9.69 Å². The maximum Gasteiger partial charge on any atom is 0.236 e. The van der Waals surface area contributed by atoms with Crippen molar-refractivity contribution in [2.45, 2.75) is 58.3 Å². The zero-order valence-electron chi connectivity index (χ0n) is 28.8. The lowest BCUT2D eigenvalue weighted by Crippen LogP contribution is -2.44. The van der Waals surface area contributed by atoms with Crippen LogP contribution in [0.15, 0.2) is 42.7 Å². The zero-order valence-corrected chi connectivity index (χ0v) is 30.3. The minimum atomic E-state index is 0.204. The fourth-order valence-electron chi connectivity index (χ4n) is 7.37. The Labute approximate surface area is 299 Å². The Bertz CT molecular complexity index is 1760. The Hall–Kier alpha value is -3.57. The monoisotopic (exact) mass is 707 g/mol. The number of aromatic nitrogens is 3. The molecule has 0 aliphatic carbocycles. The molecule has 0 unspecified atom stereocenters. The van der Waals surface area contributed by atoms with Crippen LogP contribution in [-0.4, -0.2) is 94.7 Å². The molecule has 2 aliphatic rings. The molecule has 2 saturated heterocycles. The summed E-state index contributed by atoms with van der Waals surface area (Å²) in [5.41, 5.74) is 11.9. The predicted molar refractivity (Wildman–Crippen MR) is 196 cm³/mol. The van der Waals surface area contributed by atoms with E-state index in [0.717, 1.165) is 88.1 Å². The number of piperidine rings is 1. The van der Waals surface area contributed by atoms with Crippen molar-refractivity contribution in [1.29, 1.82) is 0 Å². The molecule has 0 saturated carbocycles. The lowest BCUT2D eigenvalue weighted by molar-refractivity contribution is -0.133. The van der Waals surface area contributed by atoms with E-state index in [4.69, 9.17) is 43.5 Å². The number of anilines is 1. The zero-order chi connectivity index (χ0) is 34.5. The van der Waals surface area contributed by atoms with Gasteiger partial charge in [0, 0.05) is 36.3 Å². The van der Waals surface area contributed by atoms with Crippen LogP contribution in [0.2, 0.25) is 10.0 Å². The Morgan fingerprint density at radius 2 is 1.76 bits per heavy atom. The molecule has 10 nitrogen and oxygen atoms in total. The fourth-order valence-corrected chi connectivity index (χ4v) is 7.66. The van der Waals surface area contributed by atoms with E-state index in [1.807, 2.05) is 27.6 Å². The minimum absolute atomic E-state index is 0.204. The van der Waals surface area contributed by atoms with Crippen molar-refractivity contribution in [2.24, 2.45) is 0 Å². The van der Waals surface area contributed by atoms with Crippen molar-refractivity contribution in [1.82, 2.24) is 29.3 Å². The van der Waals surface area contributed by atoms with Crippen LogP contribution < -0.4 is 15.2 Å². The maximum absolute atomic E-state index is 13.2. The molecule has 2 fully saturated rings. The molecule has 2 aliphatic heterocycles. The highest BCUT2D eigenvalue weighted by Crippen LogP contribution is 2.44. The summed E-state index contributed by atoms with van der Waals surface area (Å²) < 4.78 is 14.1. The summed E-state index contributed by atoms with van der Waals surface area (Å²) in [6, 6.07) is 11.1. The van der Waals surface area contributed by atoms with Gasteiger partial charge in [0.15, 0.2) is 17.3 Å². The van der Waals surface area contributed by atoms with Crippen molar-refractivity contribution in [3.05, 3.63) is 64.0 Å². The smallest absolute Gasteiger partial charge is 0.236 e. The molecule has 2 aromatic carbocycles. The Kier molecular flexibility index (Phi) is 11.5. The van der Waals surface area contributed by atoms with Crippen molar-refractivity contribution in [3.8, 4) is 28.4 Å². The second-order valence-electron chi connectivity index (χ2n) is 13.0. The van der Waals surface area contributed by atoms with Crippen LogP contribution in [0.3, 0.4) is 0 Å². The van der Waals surface area contributed by atoms with E-state index < -0.39 is 0 Å². The summed E-state index contributed by atoms with van der Waals surface area (Å²) in [5, 5.41) is 5.68. The third-order valence-electron chi connectivity index (χ3n) is 10.1. The topological polar surface area (TPSA) is 101 Å². The largest absolute Gasteiger partial charge is 0.493 e. The average molecular weight is 709 g/mol. The number of amides is 1. The number of fused-ring (bicyclic) bond motifs is 1. The summed E-state index contributed by atoms with van der Waals surface area (Å²) in [4.78, 5) is 24.4. The molecule has 6 rings (SSSR count). The second-order valence-corrected chi connectivity index (χ2v) is 13.8. The van der Waals surface area contributed by atoms with Gasteiger partial charge in [0.2, 0.25) is 5.91 Å². The summed E-state index contributed by atoms with van der Waals surface area (Å²) in [7, 11) is 1.63. The van der Waals surface area contributed by atoms with Crippen LogP contribution in [0, 0.1) is 0 Å². The third kappa shape index (κ3) is 7.77. The van der Waals surface area contributed by atoms with Crippen LogP contribution in [-0.2, 0) is 11.2 Å². The Morgan fingerprint density at radius 1 is 1.00 bits per heavy atom. The number of carbonyl (C=O) groups excluding carboxylic acids is 1. The van der Waals surface area contributed by atoms with Gasteiger partial charge in [0.05, 0.1) is 23.7 Å². The highest BCUT2D eigenvalue weighted by Gasteiger charge is 2.32. The molecule has 2 aromatic heterocycles. The van der Waals surface area contributed by atoms with Gasteiger partial charge in [-0.25, -0.2) is 9.50 Å². The van der Waals surface area contributed by atoms with Crippen LogP contribution >= 0.6 is 23.2 Å². The van der Waals surface area contributed by atoms with E-state index in [-0.39, 0.29) is 11.8 Å². The van der Waals surface area contributed by atoms with Crippen molar-refractivity contribution in [2.75, 3.05) is 65.2 Å². The van der Waals surface area contributed by atoms with Gasteiger partial charge < -0.3 is 25.0 Å². The number of carbonyl (C=O) groups is 1. The van der Waals surface area contributed by atoms with Gasteiger partial charge in [0.1, 0.15) is 17.6 Å². The Balaban J connectivity index is 1.37. The molecular formula is C37H47Cl2N7O3. The number of nitrogen functional groups attached to an aromatic ring is 1. The number of benzene rings is 2. The van der Waals surface area contributed by atoms with Crippen LogP contribution in [0.5, 0.6) is 17.2 Å². The van der Waals surface area contributed by atoms with Gasteiger partial charge in [-0.1, -0.05) is 43.1 Å². The lowest BCUT2D eigenvalue weighted by Gasteiger charge is -2.33. The lowest BCUT2D eigenvalue weighted by atomic mass is 9.87. The van der Waals surface area contributed by atoms with E-state index in [9.17, 15) is 4.79 Å². The molecule has 4 heterocycles. The molecule has 0 spiro atoms. The van der Waals surface area contributed by atoms with Crippen molar-refractivity contribution >= 4 is 40.4 Å². The first-order chi connectivity index (χ1) is 23.8. The predicted octanol–water partition coefficient (Wildman–Crippen LogP) is 7.16. The molecule has 0 bridgehead atoms. The van der Waals surface area contributed by atoms with E-state index >= 15 is 0 Å². The van der Waals surface area contributed by atoms with E-state index in [2.05, 4.69) is 28.6 Å². The fraction of sp³-hybridized carbons (Fsp3) is 0.486. The van der Waals surface area contributed by atoms with Gasteiger partial charge in [0.25, 0.3) is 0 Å². The molecule has 262 valence electrons. The molecule has 1 amide bonds. The standard InChI is InChI=1S/C37H47Cl2N7O3/c1-4-43(5-2)23-33(47)45-19-14-25(15-20-45)35-28(9-8-18-44-16-6-7-17-44)34(36-37(40)41-24-42-46(35)36)26-10-13-31(32(21-26)48-3)49-27-11-12-29(38)30(39)22-27/h10-13,21-22,24-25H,4-9,14-20,23H2,1-3H3,(H2,40,41,42). The number of ether oxygens (including phenoxy) is 2. The first-order valence-corrected chi connectivity index (χ1v) is 18.2. The van der Waals surface area contributed by atoms with Crippen molar-refractivity contribution < 1.29 is 14.3 Å². The van der Waals surface area contributed by atoms with Crippen LogP contribution in [0.1, 0.15) is 63.1 Å². The molecule has 0 atom stereocenters. The number of nitrogens with zero attached hydrogens (tertiary/aromatic N) is 6. The molecule has 12 heteroatoms. The number of nitrogens with two attached hydrogens (primary N) is 1. The highest BCUT2D eigenvalue weighted by atomic mass is 35.5. The average Bonchev–Trinajstić information content (AvgIpc) is 3.76. The second kappa shape index (κ2) is 16.0. The highest BCUT2D eigenvalue weighted by molar-refractivity contribution is 6.42. The van der Waals surface area contributed by atoms with Gasteiger partial charge in [-0.05, 0) is 107 Å². The quantitative estimate of drug-likeness (QED) is 0.156. The molecule has 4 aromatic rings. The number of likely N-dealkylation sites (N-methyl/N-ethyl adjacent to an activating group) is 1. The number of methoxy groups -OCH3 is 1. The number of rotatable bonds is 13. The van der Waals surface area contributed by atoms with E-state index in [1.165, 1.54) is 24.1 Å². The molecule has 2 N–H and O–H groups in total. The van der Waals surface area contributed by atoms with Crippen LogP contribution in [0.25, 0.3) is 16.6 Å². The summed E-state index contributed by atoms with van der Waals surface area (Å²) in [5.74, 6) is 2.53. The van der Waals surface area contributed by atoms with E-state index in [0.29, 0.717) is 39.7 Å². The molecule has 0 radical (unpaired) electrons. The van der Waals surface area contributed by atoms with Crippen molar-refractivity contribution in [3.63, 3.8) is 0 Å². The molecule has 49 heavy (non-hydrogen) atoms. The molecular weight excluding hydrogens is 661 g/mol. The normalized spacial score (nSPS) is 15.8. The number of hydrogen-bond acceptors (Lipinski definition) is 8. The summed E-state index contributed by atoms with van der Waals surface area (Å²) >= 11 is 12.4. The first kappa shape index (κ1) is 35.3. The van der Waals surface area contributed by atoms with Gasteiger partial charge in [-0.2, -0.15) is 5.10 Å². The number of hydrogen-bond donors (Lipinski definition) is 1. The number of likely N-dealkylation sites (tertiary alicyclic amines) is 2. The third-order valence-corrected chi connectivity index (χ3v) is 10.8. The minimum Gasteiger partial charge on any atom is -0.493 e. The van der Waals surface area contributed by atoms with E-state index in [1.54, 1.807) is 31.6 Å². The van der Waals surface area contributed by atoms with Crippen LogP contribution in [0.4, 0.5) is 5.82 Å². The maximum atomic E-state index is 13.2. The SMILES string of the molecule is CCN(CC)CC(=O)N1CCC(c2c(CCCN3CCCC3)c(-c3ccc(Oc4ccc(Cl)c(Cl)c4)c(OC)c3)c3c(N)ncnn23)CC1. The Morgan fingerprint density at radius 3 is 2.45 bits per heavy atom. The first-order valence-electron chi connectivity index (χ1n) is 17.5. The summed E-state index contributed by atoms with van der Waals surface area (Å²) in [6.45, 7) is 11.2. The summed E-state index contributed by atoms with van der Waals surface area (Å²) in [6.07, 6.45) is 7.68. The van der Waals surface area contributed by atoms with Gasteiger partial charge >= 0.3 is 0 Å².